The van der Waals surface area contributed by atoms with Gasteiger partial charge in [0.1, 0.15) is 0 Å². The Kier molecular flexibility index (Phi) is 5.57. The van der Waals surface area contributed by atoms with Crippen LogP contribution in [0.1, 0.15) is 29.7 Å². The Balaban J connectivity index is 2.22. The highest BCUT2D eigenvalue weighted by molar-refractivity contribution is 9.10. The first kappa shape index (κ1) is 16.2. The maximum absolute atomic E-state index is 6.25. The SMILES string of the molecule is Cc1cccc(CN(C)C(c2cccc(Br)c2)C(C)N)c1. The van der Waals surface area contributed by atoms with Crippen molar-refractivity contribution >= 4 is 15.9 Å². The lowest BCUT2D eigenvalue weighted by molar-refractivity contribution is 0.211. The summed E-state index contributed by atoms with van der Waals surface area (Å²) in [6, 6.07) is 17.3. The molecule has 0 saturated heterocycles. The first-order chi connectivity index (χ1) is 9.97. The van der Waals surface area contributed by atoms with Crippen LogP contribution in [0.15, 0.2) is 53.0 Å². The zero-order valence-corrected chi connectivity index (χ0v) is 14.5. The molecule has 0 heterocycles. The lowest BCUT2D eigenvalue weighted by atomic mass is 9.99. The lowest BCUT2D eigenvalue weighted by Gasteiger charge is -2.31. The monoisotopic (exact) mass is 346 g/mol. The number of rotatable bonds is 5. The van der Waals surface area contributed by atoms with Crippen molar-refractivity contribution in [3.05, 3.63) is 69.7 Å². The maximum Gasteiger partial charge on any atom is 0.0497 e. The van der Waals surface area contributed by atoms with Gasteiger partial charge in [-0.25, -0.2) is 0 Å². The van der Waals surface area contributed by atoms with Crippen LogP contribution in [-0.4, -0.2) is 18.0 Å². The van der Waals surface area contributed by atoms with Crippen molar-refractivity contribution in [3.8, 4) is 0 Å². The first-order valence-electron chi connectivity index (χ1n) is 7.24. The first-order valence-corrected chi connectivity index (χ1v) is 8.03. The average Bonchev–Trinajstić information content (AvgIpc) is 2.38. The van der Waals surface area contributed by atoms with Gasteiger partial charge in [-0.3, -0.25) is 4.90 Å². The van der Waals surface area contributed by atoms with Crippen molar-refractivity contribution in [2.24, 2.45) is 5.73 Å². The van der Waals surface area contributed by atoms with Gasteiger partial charge in [0.25, 0.3) is 0 Å². The van der Waals surface area contributed by atoms with Crippen molar-refractivity contribution in [2.45, 2.75) is 32.5 Å². The topological polar surface area (TPSA) is 29.3 Å². The molecule has 0 radical (unpaired) electrons. The molecule has 2 unspecified atom stereocenters. The van der Waals surface area contributed by atoms with Crippen LogP contribution < -0.4 is 5.73 Å². The summed E-state index contributed by atoms with van der Waals surface area (Å²) in [4.78, 5) is 2.32. The summed E-state index contributed by atoms with van der Waals surface area (Å²) in [6.45, 7) is 5.08. The number of halogens is 1. The van der Waals surface area contributed by atoms with E-state index in [9.17, 15) is 0 Å². The fraction of sp³-hybridized carbons (Fsp3) is 0.333. The predicted molar refractivity (Wildman–Crippen MR) is 93.2 cm³/mol. The fourth-order valence-corrected chi connectivity index (χ4v) is 3.26. The van der Waals surface area contributed by atoms with E-state index in [0.29, 0.717) is 0 Å². The molecule has 0 aromatic heterocycles. The highest BCUT2D eigenvalue weighted by Gasteiger charge is 2.21. The Labute approximate surface area is 136 Å². The molecular formula is C18H23BrN2. The number of aryl methyl sites for hydroxylation is 1. The number of nitrogens with two attached hydrogens (primary N) is 1. The summed E-state index contributed by atoms with van der Waals surface area (Å²) in [5.41, 5.74) is 10.1. The molecule has 0 amide bonds. The van der Waals surface area contributed by atoms with Gasteiger partial charge in [-0.2, -0.15) is 0 Å². The Hall–Kier alpha value is -1.16. The number of nitrogens with zero attached hydrogens (tertiary/aromatic N) is 1. The smallest absolute Gasteiger partial charge is 0.0497 e. The molecule has 2 atom stereocenters. The number of likely N-dealkylation sites (N-methyl/N-ethyl adjacent to an activating group) is 1. The number of hydrogen-bond acceptors (Lipinski definition) is 2. The molecule has 0 fully saturated rings. The Bertz CT molecular complexity index is 595. The van der Waals surface area contributed by atoms with Crippen molar-refractivity contribution in [2.75, 3.05) is 7.05 Å². The molecule has 0 saturated carbocycles. The third-order valence-electron chi connectivity index (χ3n) is 3.68. The Morgan fingerprint density at radius 2 is 1.86 bits per heavy atom. The molecule has 0 aliphatic carbocycles. The van der Waals surface area contributed by atoms with E-state index >= 15 is 0 Å². The van der Waals surface area contributed by atoms with E-state index in [1.165, 1.54) is 16.7 Å². The zero-order chi connectivity index (χ0) is 15.4. The quantitative estimate of drug-likeness (QED) is 0.875. The van der Waals surface area contributed by atoms with Crippen LogP contribution >= 0.6 is 15.9 Å². The van der Waals surface area contributed by atoms with Gasteiger partial charge < -0.3 is 5.73 Å². The molecule has 0 spiro atoms. The highest BCUT2D eigenvalue weighted by atomic mass is 79.9. The van der Waals surface area contributed by atoms with Crippen molar-refractivity contribution < 1.29 is 0 Å². The Morgan fingerprint density at radius 3 is 2.48 bits per heavy atom. The lowest BCUT2D eigenvalue weighted by Crippen LogP contribution is -2.37. The van der Waals surface area contributed by atoms with Gasteiger partial charge >= 0.3 is 0 Å². The number of hydrogen-bond donors (Lipinski definition) is 1. The van der Waals surface area contributed by atoms with E-state index < -0.39 is 0 Å². The molecule has 0 aliphatic rings. The second kappa shape index (κ2) is 7.21. The molecule has 3 heteroatoms. The molecule has 21 heavy (non-hydrogen) atoms. The minimum Gasteiger partial charge on any atom is -0.326 e. The van der Waals surface area contributed by atoms with E-state index in [0.717, 1.165) is 11.0 Å². The normalized spacial score (nSPS) is 14.2. The minimum absolute atomic E-state index is 0.0640. The van der Waals surface area contributed by atoms with Crippen molar-refractivity contribution in [1.82, 2.24) is 4.90 Å². The second-order valence-corrected chi connectivity index (χ2v) is 6.68. The van der Waals surface area contributed by atoms with E-state index in [-0.39, 0.29) is 12.1 Å². The van der Waals surface area contributed by atoms with Crippen molar-refractivity contribution in [1.29, 1.82) is 0 Å². The highest BCUT2D eigenvalue weighted by Crippen LogP contribution is 2.26. The minimum atomic E-state index is 0.0640. The molecule has 2 aromatic rings. The molecule has 2 N–H and O–H groups in total. The average molecular weight is 347 g/mol. The van der Waals surface area contributed by atoms with E-state index in [4.69, 9.17) is 5.73 Å². The van der Waals surface area contributed by atoms with Gasteiger partial charge in [-0.15, -0.1) is 0 Å². The van der Waals surface area contributed by atoms with Gasteiger partial charge in [0.05, 0.1) is 0 Å². The predicted octanol–water partition coefficient (Wildman–Crippen LogP) is 4.28. The van der Waals surface area contributed by atoms with Gasteiger partial charge in [-0.05, 0) is 44.2 Å². The summed E-state index contributed by atoms with van der Waals surface area (Å²) in [7, 11) is 2.14. The molecule has 112 valence electrons. The summed E-state index contributed by atoms with van der Waals surface area (Å²) in [5, 5.41) is 0. The van der Waals surface area contributed by atoms with Gasteiger partial charge in [0.15, 0.2) is 0 Å². The van der Waals surface area contributed by atoms with Crippen LogP contribution in [0.5, 0.6) is 0 Å². The zero-order valence-electron chi connectivity index (χ0n) is 12.9. The van der Waals surface area contributed by atoms with Crippen LogP contribution in [0, 0.1) is 6.92 Å². The van der Waals surface area contributed by atoms with Crippen LogP contribution in [0.3, 0.4) is 0 Å². The molecule has 2 aromatic carbocycles. The fourth-order valence-electron chi connectivity index (χ4n) is 2.85. The molecule has 2 nitrogen and oxygen atoms in total. The van der Waals surface area contributed by atoms with Crippen LogP contribution in [0.25, 0.3) is 0 Å². The largest absolute Gasteiger partial charge is 0.326 e. The second-order valence-electron chi connectivity index (χ2n) is 5.76. The summed E-state index contributed by atoms with van der Waals surface area (Å²) in [5.74, 6) is 0. The number of benzene rings is 2. The summed E-state index contributed by atoms with van der Waals surface area (Å²) >= 11 is 3.55. The maximum atomic E-state index is 6.25. The molecule has 0 bridgehead atoms. The standard InChI is InChI=1S/C18H23BrN2/c1-13-6-4-7-15(10-13)12-21(3)18(14(2)20)16-8-5-9-17(19)11-16/h4-11,14,18H,12,20H2,1-3H3. The third-order valence-corrected chi connectivity index (χ3v) is 4.17. The van der Waals surface area contributed by atoms with Gasteiger partial charge in [-0.1, -0.05) is 57.9 Å². The molecular weight excluding hydrogens is 324 g/mol. The third kappa shape index (κ3) is 4.40. The summed E-state index contributed by atoms with van der Waals surface area (Å²) < 4.78 is 1.09. The van der Waals surface area contributed by atoms with Crippen LogP contribution in [0.4, 0.5) is 0 Å². The van der Waals surface area contributed by atoms with E-state index in [1.54, 1.807) is 0 Å². The van der Waals surface area contributed by atoms with Crippen molar-refractivity contribution in [3.63, 3.8) is 0 Å². The van der Waals surface area contributed by atoms with Crippen LogP contribution in [-0.2, 0) is 6.54 Å². The Morgan fingerprint density at radius 1 is 1.14 bits per heavy atom. The van der Waals surface area contributed by atoms with Gasteiger partial charge in [0.2, 0.25) is 0 Å². The van der Waals surface area contributed by atoms with E-state index in [1.807, 2.05) is 6.07 Å². The van der Waals surface area contributed by atoms with E-state index in [2.05, 4.69) is 84.2 Å². The summed E-state index contributed by atoms with van der Waals surface area (Å²) in [6.07, 6.45) is 0. The molecule has 2 rings (SSSR count). The van der Waals surface area contributed by atoms with Gasteiger partial charge in [0, 0.05) is 23.1 Å². The van der Waals surface area contributed by atoms with Crippen LogP contribution in [0.2, 0.25) is 0 Å². The molecule has 0 aliphatic heterocycles.